The molecule has 0 radical (unpaired) electrons. The Morgan fingerprint density at radius 3 is 2.54 bits per heavy atom. The van der Waals surface area contributed by atoms with E-state index in [2.05, 4.69) is 54.6 Å². The lowest BCUT2D eigenvalue weighted by Crippen LogP contribution is -2.28. The number of nitrogens with one attached hydrogen (secondary N) is 2. The van der Waals surface area contributed by atoms with Gasteiger partial charge < -0.3 is 15.5 Å². The molecule has 9 heteroatoms. The molecule has 8 nitrogen and oxygen atoms in total. The maximum atomic E-state index is 13.1. The van der Waals surface area contributed by atoms with Gasteiger partial charge >= 0.3 is 0 Å². The Morgan fingerprint density at radius 2 is 1.84 bits per heavy atom. The quantitative estimate of drug-likeness (QED) is 0.488. The monoisotopic (exact) mass is 520 g/mol. The Bertz CT molecular complexity index is 1410. The highest BCUT2D eigenvalue weighted by molar-refractivity contribution is 7.89. The summed E-state index contributed by atoms with van der Waals surface area (Å²) in [5, 5.41) is 6.82. The average molecular weight is 521 g/mol. The molecule has 0 atom stereocenters. The lowest BCUT2D eigenvalue weighted by atomic mass is 9.87. The van der Waals surface area contributed by atoms with Crippen LogP contribution in [0.5, 0.6) is 0 Å². The summed E-state index contributed by atoms with van der Waals surface area (Å²) in [7, 11) is -0.529. The van der Waals surface area contributed by atoms with E-state index >= 15 is 0 Å². The number of anilines is 4. The van der Waals surface area contributed by atoms with Crippen LogP contribution < -0.4 is 15.5 Å². The Hall–Kier alpha value is -3.01. The maximum Gasteiger partial charge on any atom is 0.244 e. The van der Waals surface area contributed by atoms with E-state index in [-0.39, 0.29) is 10.3 Å². The highest BCUT2D eigenvalue weighted by Gasteiger charge is 2.39. The molecule has 2 aromatic carbocycles. The Morgan fingerprint density at radius 1 is 1.11 bits per heavy atom. The van der Waals surface area contributed by atoms with Crippen LogP contribution in [0.25, 0.3) is 0 Å². The molecule has 3 aromatic rings. The third kappa shape index (κ3) is 4.83. The SMILES string of the molecule is Cc1cc(Nc2ncc3c(n2)N(c2ccccc2S(=O)(=O)N(C)C)CC3(C)C)ccc1C1CCNCC1. The van der Waals surface area contributed by atoms with Gasteiger partial charge in [0, 0.05) is 43.5 Å². The first-order valence-electron chi connectivity index (χ1n) is 12.8. The molecule has 0 amide bonds. The van der Waals surface area contributed by atoms with Crippen molar-refractivity contribution in [3.05, 3.63) is 65.4 Å². The molecule has 0 spiro atoms. The fraction of sp³-hybridized carbons (Fsp3) is 0.429. The van der Waals surface area contributed by atoms with Crippen LogP contribution in [0.2, 0.25) is 0 Å². The first kappa shape index (κ1) is 25.6. The van der Waals surface area contributed by atoms with Crippen LogP contribution in [0.4, 0.5) is 23.1 Å². The summed E-state index contributed by atoms with van der Waals surface area (Å²) >= 11 is 0. The van der Waals surface area contributed by atoms with Gasteiger partial charge in [0.2, 0.25) is 16.0 Å². The molecule has 1 aromatic heterocycles. The largest absolute Gasteiger partial charge is 0.324 e. The van der Waals surface area contributed by atoms with Crippen LogP contribution in [0.3, 0.4) is 0 Å². The molecular weight excluding hydrogens is 484 g/mol. The van der Waals surface area contributed by atoms with E-state index in [1.165, 1.54) is 15.4 Å². The summed E-state index contributed by atoms with van der Waals surface area (Å²) in [4.78, 5) is 11.8. The van der Waals surface area contributed by atoms with Crippen molar-refractivity contribution in [1.29, 1.82) is 0 Å². The Kier molecular flexibility index (Phi) is 6.72. The molecule has 2 aliphatic rings. The van der Waals surface area contributed by atoms with Crippen LogP contribution in [0.15, 0.2) is 53.6 Å². The van der Waals surface area contributed by atoms with E-state index in [9.17, 15) is 8.42 Å². The first-order valence-corrected chi connectivity index (χ1v) is 14.3. The van der Waals surface area contributed by atoms with Crippen molar-refractivity contribution in [2.24, 2.45) is 0 Å². The predicted molar refractivity (Wildman–Crippen MR) is 149 cm³/mol. The van der Waals surface area contributed by atoms with Gasteiger partial charge in [-0.1, -0.05) is 32.0 Å². The van der Waals surface area contributed by atoms with Gasteiger partial charge in [0.05, 0.1) is 5.69 Å². The Labute approximate surface area is 220 Å². The maximum absolute atomic E-state index is 13.1. The number of hydrogen-bond donors (Lipinski definition) is 2. The van der Waals surface area contributed by atoms with Gasteiger partial charge in [0.15, 0.2) is 0 Å². The minimum Gasteiger partial charge on any atom is -0.324 e. The van der Waals surface area contributed by atoms with Gasteiger partial charge in [-0.2, -0.15) is 4.98 Å². The predicted octanol–water partition coefficient (Wildman–Crippen LogP) is 4.68. The second-order valence-corrected chi connectivity index (χ2v) is 13.0. The van der Waals surface area contributed by atoms with Gasteiger partial charge in [-0.15, -0.1) is 0 Å². The van der Waals surface area contributed by atoms with Crippen molar-refractivity contribution < 1.29 is 8.42 Å². The molecule has 1 saturated heterocycles. The molecule has 0 bridgehead atoms. The summed E-state index contributed by atoms with van der Waals surface area (Å²) in [6.07, 6.45) is 4.19. The molecule has 37 heavy (non-hydrogen) atoms. The van der Waals surface area contributed by atoms with Crippen LogP contribution >= 0.6 is 0 Å². The minimum absolute atomic E-state index is 0.240. The first-order chi connectivity index (χ1) is 17.6. The number of benzene rings is 2. The van der Waals surface area contributed by atoms with E-state index in [1.54, 1.807) is 26.2 Å². The third-order valence-corrected chi connectivity index (χ3v) is 9.39. The lowest BCUT2D eigenvalue weighted by Gasteiger charge is -2.25. The number of aryl methyl sites for hydroxylation is 1. The van der Waals surface area contributed by atoms with E-state index in [0.717, 1.165) is 43.0 Å². The van der Waals surface area contributed by atoms with E-state index < -0.39 is 10.0 Å². The number of rotatable bonds is 6. The number of fused-ring (bicyclic) bond motifs is 1. The number of sulfonamides is 1. The lowest BCUT2D eigenvalue weighted by molar-refractivity contribution is 0.459. The van der Waals surface area contributed by atoms with Gasteiger partial charge in [-0.05, 0) is 74.2 Å². The number of para-hydroxylation sites is 1. The van der Waals surface area contributed by atoms with E-state index in [4.69, 9.17) is 4.98 Å². The number of aromatic nitrogens is 2. The van der Waals surface area contributed by atoms with Crippen molar-refractivity contribution in [1.82, 2.24) is 19.6 Å². The number of nitrogens with zero attached hydrogens (tertiary/aromatic N) is 4. The normalized spacial score (nSPS) is 17.7. The summed E-state index contributed by atoms with van der Waals surface area (Å²) in [5.74, 6) is 1.82. The van der Waals surface area contributed by atoms with Crippen molar-refractivity contribution >= 4 is 33.2 Å². The zero-order chi connectivity index (χ0) is 26.4. The fourth-order valence-corrected chi connectivity index (χ4v) is 6.53. The molecule has 2 aliphatic heterocycles. The van der Waals surface area contributed by atoms with Gasteiger partial charge in [0.1, 0.15) is 10.7 Å². The van der Waals surface area contributed by atoms with Crippen molar-refractivity contribution in [2.45, 2.75) is 49.8 Å². The van der Waals surface area contributed by atoms with Crippen molar-refractivity contribution in [3.8, 4) is 0 Å². The van der Waals surface area contributed by atoms with Crippen LogP contribution in [0, 0.1) is 6.92 Å². The van der Waals surface area contributed by atoms with E-state index in [1.807, 2.05) is 23.2 Å². The summed E-state index contributed by atoms with van der Waals surface area (Å²) in [6.45, 7) is 9.17. The van der Waals surface area contributed by atoms with Gasteiger partial charge in [-0.25, -0.2) is 17.7 Å². The molecule has 5 rings (SSSR count). The smallest absolute Gasteiger partial charge is 0.244 e. The minimum atomic E-state index is -3.63. The van der Waals surface area contributed by atoms with E-state index in [0.29, 0.717) is 24.1 Å². The summed E-state index contributed by atoms with van der Waals surface area (Å²) in [5.41, 5.74) is 4.99. The topological polar surface area (TPSA) is 90.5 Å². The molecule has 3 heterocycles. The highest BCUT2D eigenvalue weighted by Crippen LogP contribution is 2.45. The second kappa shape index (κ2) is 9.70. The van der Waals surface area contributed by atoms with Gasteiger partial charge in [-0.3, -0.25) is 0 Å². The third-order valence-electron chi connectivity index (χ3n) is 7.53. The molecule has 2 N–H and O–H groups in total. The number of piperidine rings is 1. The zero-order valence-corrected chi connectivity index (χ0v) is 23.1. The zero-order valence-electron chi connectivity index (χ0n) is 22.2. The Balaban J connectivity index is 1.48. The average Bonchev–Trinajstić information content (AvgIpc) is 3.14. The summed E-state index contributed by atoms with van der Waals surface area (Å²) < 4.78 is 27.5. The molecular formula is C28H36N6O2S. The van der Waals surface area contributed by atoms with Crippen LogP contribution in [0.1, 0.15) is 49.3 Å². The second-order valence-electron chi connectivity index (χ2n) is 10.9. The molecule has 0 unspecified atom stereocenters. The summed E-state index contributed by atoms with van der Waals surface area (Å²) in [6, 6.07) is 13.6. The molecule has 196 valence electrons. The molecule has 0 saturated carbocycles. The van der Waals surface area contributed by atoms with Gasteiger partial charge in [0.25, 0.3) is 0 Å². The standard InChI is InChI=1S/C28H36N6O2S/c1-19-16-21(10-11-22(19)20-12-14-29-15-13-20)31-27-30-17-23-26(32-27)34(18-28(23,2)3)24-8-6-7-9-25(24)37(35,36)33(4)5/h6-11,16-17,20,29H,12-15,18H2,1-5H3,(H,30,31,32). The number of hydrogen-bond acceptors (Lipinski definition) is 7. The van der Waals surface area contributed by atoms with Crippen LogP contribution in [-0.2, 0) is 15.4 Å². The fourth-order valence-electron chi connectivity index (χ4n) is 5.44. The van der Waals surface area contributed by atoms with Crippen molar-refractivity contribution in [3.63, 3.8) is 0 Å². The molecule has 0 aliphatic carbocycles. The van der Waals surface area contributed by atoms with Crippen molar-refractivity contribution in [2.75, 3.05) is 43.9 Å². The molecule has 1 fully saturated rings. The van der Waals surface area contributed by atoms with Crippen LogP contribution in [-0.4, -0.2) is 56.4 Å². The highest BCUT2D eigenvalue weighted by atomic mass is 32.2.